The van der Waals surface area contributed by atoms with E-state index in [4.69, 9.17) is 4.74 Å². The molecule has 79 valence electrons. The summed E-state index contributed by atoms with van der Waals surface area (Å²) in [5.41, 5.74) is 0. The molecule has 1 radical (unpaired) electrons. The van der Waals surface area contributed by atoms with Crippen molar-refractivity contribution in [2.24, 2.45) is 0 Å². The predicted molar refractivity (Wildman–Crippen MR) is 64.9 cm³/mol. The third kappa shape index (κ3) is 6.37. The zero-order valence-corrected chi connectivity index (χ0v) is 14.5. The number of unbranched alkanes of at least 4 members (excludes halogenated alkanes) is 3. The van der Waals surface area contributed by atoms with Gasteiger partial charge in [0.2, 0.25) is 0 Å². The van der Waals surface area contributed by atoms with Crippen LogP contribution in [0.1, 0.15) is 32.6 Å². The van der Waals surface area contributed by atoms with Crippen molar-refractivity contribution in [3.05, 3.63) is 30.3 Å². The molecule has 0 N–H and O–H groups in total. The SMILES string of the molecule is CCCCCCOc1cc[c]cc1.[BiH3]. The van der Waals surface area contributed by atoms with Crippen molar-refractivity contribution in [2.45, 2.75) is 32.6 Å². The summed E-state index contributed by atoms with van der Waals surface area (Å²) in [6, 6.07) is 10.6. The first-order valence-corrected chi connectivity index (χ1v) is 5.02. The van der Waals surface area contributed by atoms with Gasteiger partial charge in [-0.25, -0.2) is 0 Å². The van der Waals surface area contributed by atoms with Crippen molar-refractivity contribution in [1.82, 2.24) is 0 Å². The summed E-state index contributed by atoms with van der Waals surface area (Å²) in [5, 5.41) is 0. The van der Waals surface area contributed by atoms with Crippen molar-refractivity contribution < 1.29 is 4.74 Å². The average molecular weight is 389 g/mol. The third-order valence-corrected chi connectivity index (χ3v) is 1.95. The molecule has 0 fully saturated rings. The second-order valence-corrected chi connectivity index (χ2v) is 3.14. The van der Waals surface area contributed by atoms with E-state index >= 15 is 0 Å². The van der Waals surface area contributed by atoms with Crippen LogP contribution in [0.4, 0.5) is 0 Å². The van der Waals surface area contributed by atoms with Gasteiger partial charge in [0.05, 0.1) is 6.61 Å². The molecule has 14 heavy (non-hydrogen) atoms. The molecule has 0 bridgehead atoms. The predicted octanol–water partition coefficient (Wildman–Crippen LogP) is 2.26. The van der Waals surface area contributed by atoms with Crippen LogP contribution in [0, 0.1) is 6.07 Å². The van der Waals surface area contributed by atoms with E-state index in [-0.39, 0.29) is 26.2 Å². The van der Waals surface area contributed by atoms with Gasteiger partial charge in [-0.1, -0.05) is 38.3 Å². The number of ether oxygens (including phenoxy) is 1. The first-order chi connectivity index (χ1) is 6.43. The van der Waals surface area contributed by atoms with Gasteiger partial charge in [0.15, 0.2) is 0 Å². The van der Waals surface area contributed by atoms with Gasteiger partial charge >= 0.3 is 26.2 Å². The van der Waals surface area contributed by atoms with E-state index in [0.29, 0.717) is 0 Å². The molecule has 0 aromatic heterocycles. The van der Waals surface area contributed by atoms with Crippen molar-refractivity contribution >= 4 is 26.2 Å². The van der Waals surface area contributed by atoms with E-state index in [2.05, 4.69) is 13.0 Å². The zero-order chi connectivity index (χ0) is 9.36. The maximum atomic E-state index is 5.53. The zero-order valence-electron chi connectivity index (χ0n) is 8.96. The third-order valence-electron chi connectivity index (χ3n) is 1.95. The van der Waals surface area contributed by atoms with Gasteiger partial charge in [-0.3, -0.25) is 0 Å². The Morgan fingerprint density at radius 2 is 1.86 bits per heavy atom. The molecular weight excluding hydrogens is 369 g/mol. The fourth-order valence-corrected chi connectivity index (χ4v) is 1.19. The van der Waals surface area contributed by atoms with Crippen molar-refractivity contribution in [1.29, 1.82) is 0 Å². The standard InChI is InChI=1S/C12H17O.Bi.3H/c1-2-3-4-8-11-13-12-9-6-5-7-10-12;;;;/h6-7,9-10H,2-4,8,11H2,1H3;;;;. The molecule has 0 unspecified atom stereocenters. The van der Waals surface area contributed by atoms with Crippen LogP contribution in [0.25, 0.3) is 0 Å². The van der Waals surface area contributed by atoms with E-state index < -0.39 is 0 Å². The van der Waals surface area contributed by atoms with Gasteiger partial charge < -0.3 is 4.74 Å². The molecule has 1 aromatic carbocycles. The Labute approximate surface area is 106 Å². The Morgan fingerprint density at radius 1 is 1.14 bits per heavy atom. The van der Waals surface area contributed by atoms with E-state index in [1.54, 1.807) is 0 Å². The van der Waals surface area contributed by atoms with Crippen LogP contribution in [0.5, 0.6) is 5.75 Å². The molecule has 0 aliphatic carbocycles. The maximum absolute atomic E-state index is 5.53. The van der Waals surface area contributed by atoms with Gasteiger partial charge in [0.25, 0.3) is 0 Å². The van der Waals surface area contributed by atoms with Gasteiger partial charge in [-0.05, 0) is 24.6 Å². The Bertz CT molecular complexity index is 211. The van der Waals surface area contributed by atoms with Gasteiger partial charge in [-0.2, -0.15) is 0 Å². The Balaban J connectivity index is 0.00000169. The Hall–Kier alpha value is -0.0969. The minimum atomic E-state index is 0. The molecule has 0 amide bonds. The second kappa shape index (κ2) is 9.46. The molecule has 0 aliphatic heterocycles. The van der Waals surface area contributed by atoms with Crippen LogP contribution in [-0.4, -0.2) is 32.8 Å². The quantitative estimate of drug-likeness (QED) is 0.536. The minimum absolute atomic E-state index is 0. The monoisotopic (exact) mass is 389 g/mol. The first-order valence-electron chi connectivity index (χ1n) is 5.02. The molecule has 1 aromatic rings. The number of hydrogen-bond donors (Lipinski definition) is 0. The molecule has 2 heteroatoms. The molecule has 0 saturated carbocycles. The number of hydrogen-bond acceptors (Lipinski definition) is 1. The van der Waals surface area contributed by atoms with Crippen LogP contribution >= 0.6 is 0 Å². The van der Waals surface area contributed by atoms with Gasteiger partial charge in [-0.15, -0.1) is 0 Å². The molecule has 0 heterocycles. The summed E-state index contributed by atoms with van der Waals surface area (Å²) in [4.78, 5) is 0. The molecule has 1 rings (SSSR count). The molecular formula is C12H20BiO. The number of benzene rings is 1. The summed E-state index contributed by atoms with van der Waals surface area (Å²) in [5.74, 6) is 0.954. The fourth-order valence-electron chi connectivity index (χ4n) is 1.19. The summed E-state index contributed by atoms with van der Waals surface area (Å²) < 4.78 is 5.53. The summed E-state index contributed by atoms with van der Waals surface area (Å²) in [6.45, 7) is 3.05. The van der Waals surface area contributed by atoms with Gasteiger partial charge in [0, 0.05) is 0 Å². The average Bonchev–Trinajstić information content (AvgIpc) is 2.19. The van der Waals surface area contributed by atoms with Crippen molar-refractivity contribution in [3.63, 3.8) is 0 Å². The fraction of sp³-hybridized carbons (Fsp3) is 0.500. The number of rotatable bonds is 6. The summed E-state index contributed by atoms with van der Waals surface area (Å²) in [7, 11) is 0. The van der Waals surface area contributed by atoms with E-state index in [1.807, 2.05) is 24.3 Å². The first kappa shape index (κ1) is 13.9. The van der Waals surface area contributed by atoms with Crippen LogP contribution in [-0.2, 0) is 0 Å². The van der Waals surface area contributed by atoms with Crippen LogP contribution < -0.4 is 4.74 Å². The molecule has 0 saturated heterocycles. The topological polar surface area (TPSA) is 9.23 Å². The molecule has 0 aliphatic rings. The van der Waals surface area contributed by atoms with Crippen LogP contribution in [0.15, 0.2) is 24.3 Å². The van der Waals surface area contributed by atoms with Crippen molar-refractivity contribution in [3.8, 4) is 5.75 Å². The molecule has 0 spiro atoms. The van der Waals surface area contributed by atoms with Crippen molar-refractivity contribution in [2.75, 3.05) is 6.61 Å². The van der Waals surface area contributed by atoms with E-state index in [1.165, 1.54) is 19.3 Å². The molecule has 0 atom stereocenters. The second-order valence-electron chi connectivity index (χ2n) is 3.14. The van der Waals surface area contributed by atoms with Crippen LogP contribution in [0.2, 0.25) is 0 Å². The van der Waals surface area contributed by atoms with Gasteiger partial charge in [0.1, 0.15) is 5.75 Å². The Morgan fingerprint density at radius 3 is 2.50 bits per heavy atom. The van der Waals surface area contributed by atoms with E-state index in [0.717, 1.165) is 18.8 Å². The van der Waals surface area contributed by atoms with E-state index in [9.17, 15) is 0 Å². The van der Waals surface area contributed by atoms with Crippen LogP contribution in [0.3, 0.4) is 0 Å². The molecule has 1 nitrogen and oxygen atoms in total. The summed E-state index contributed by atoms with van der Waals surface area (Å²) in [6.07, 6.45) is 5.02. The normalized spacial score (nSPS) is 9.21. The Kier molecular flexibility index (Phi) is 9.39. The summed E-state index contributed by atoms with van der Waals surface area (Å²) >= 11 is 0.